The van der Waals surface area contributed by atoms with Gasteiger partial charge >= 0.3 is 0 Å². The Labute approximate surface area is 83.2 Å². The summed E-state index contributed by atoms with van der Waals surface area (Å²) < 4.78 is 18.6. The first kappa shape index (κ1) is 11.1. The minimum Gasteiger partial charge on any atom is -0.275 e. The molecule has 0 amide bonds. The van der Waals surface area contributed by atoms with Gasteiger partial charge in [-0.2, -0.15) is 0 Å². The summed E-state index contributed by atoms with van der Waals surface area (Å²) in [4.78, 5) is 0. The van der Waals surface area contributed by atoms with E-state index < -0.39 is 11.3 Å². The van der Waals surface area contributed by atoms with Gasteiger partial charge in [-0.25, -0.2) is 8.51 Å². The molecule has 78 valence electrons. The lowest BCUT2D eigenvalue weighted by atomic mass is 9.98. The lowest BCUT2D eigenvalue weighted by Gasteiger charge is -2.23. The Bertz CT molecular complexity index is 169. The van der Waals surface area contributed by atoms with Crippen LogP contribution >= 0.6 is 0 Å². The highest BCUT2D eigenvalue weighted by atomic mass is 32.2. The van der Waals surface area contributed by atoms with E-state index >= 15 is 0 Å². The van der Waals surface area contributed by atoms with Crippen LogP contribution in [0, 0.1) is 0 Å². The van der Waals surface area contributed by atoms with E-state index in [1.54, 1.807) is 4.31 Å². The zero-order chi connectivity index (χ0) is 9.68. The molecule has 1 rings (SSSR count). The fraction of sp³-hybridized carbons (Fsp3) is 1.00. The van der Waals surface area contributed by atoms with Crippen LogP contribution in [0.5, 0.6) is 0 Å². The second kappa shape index (κ2) is 5.73. The molecule has 0 saturated heterocycles. The van der Waals surface area contributed by atoms with Crippen molar-refractivity contribution < 1.29 is 8.39 Å². The molecule has 4 heteroatoms. The van der Waals surface area contributed by atoms with Gasteiger partial charge in [0, 0.05) is 13.6 Å². The third-order valence-electron chi connectivity index (χ3n) is 2.47. The van der Waals surface area contributed by atoms with Gasteiger partial charge in [0.05, 0.1) is 6.10 Å². The predicted octanol–water partition coefficient (Wildman–Crippen LogP) is 1.87. The first-order valence-corrected chi connectivity index (χ1v) is 6.07. The Morgan fingerprint density at radius 2 is 2.00 bits per heavy atom. The topological polar surface area (TPSA) is 29.5 Å². The molecule has 0 aromatic carbocycles. The maximum Gasteiger partial charge on any atom is 0.237 e. The fourth-order valence-electron chi connectivity index (χ4n) is 1.46. The molecule has 3 nitrogen and oxygen atoms in total. The van der Waals surface area contributed by atoms with Crippen LogP contribution in [-0.4, -0.2) is 28.2 Å². The van der Waals surface area contributed by atoms with Crippen molar-refractivity contribution in [1.82, 2.24) is 4.31 Å². The van der Waals surface area contributed by atoms with Crippen LogP contribution in [0.1, 0.15) is 39.0 Å². The van der Waals surface area contributed by atoms with Crippen LogP contribution in [0.4, 0.5) is 0 Å². The molecule has 0 bridgehead atoms. The maximum atomic E-state index is 11.5. The second-order valence-electron chi connectivity index (χ2n) is 3.52. The van der Waals surface area contributed by atoms with E-state index in [9.17, 15) is 4.21 Å². The quantitative estimate of drug-likeness (QED) is 0.701. The molecule has 0 aromatic rings. The van der Waals surface area contributed by atoms with E-state index in [4.69, 9.17) is 4.18 Å². The largest absolute Gasteiger partial charge is 0.275 e. The summed E-state index contributed by atoms with van der Waals surface area (Å²) in [5.41, 5.74) is 0. The van der Waals surface area contributed by atoms with E-state index in [0.29, 0.717) is 0 Å². The molecule has 0 spiro atoms. The van der Waals surface area contributed by atoms with Gasteiger partial charge in [0.1, 0.15) is 0 Å². The van der Waals surface area contributed by atoms with Crippen LogP contribution in [0.25, 0.3) is 0 Å². The standard InChI is InChI=1S/C9H19NO2S/c1-3-10(2)13(11)12-9-7-5-4-6-8-9/h9H,3-8H2,1-2H3. The number of hydrogen-bond acceptors (Lipinski definition) is 2. The highest BCUT2D eigenvalue weighted by Gasteiger charge is 2.18. The van der Waals surface area contributed by atoms with Crippen molar-refractivity contribution in [1.29, 1.82) is 0 Å². The van der Waals surface area contributed by atoms with Crippen LogP contribution in [0.15, 0.2) is 0 Å². The summed E-state index contributed by atoms with van der Waals surface area (Å²) >= 11 is -1.23. The number of hydrogen-bond donors (Lipinski definition) is 0. The van der Waals surface area contributed by atoms with Gasteiger partial charge < -0.3 is 0 Å². The Hall–Kier alpha value is 0.0700. The Balaban J connectivity index is 2.26. The average molecular weight is 205 g/mol. The zero-order valence-electron chi connectivity index (χ0n) is 8.49. The SMILES string of the molecule is CCN(C)S(=O)OC1CCCCC1. The minimum atomic E-state index is -1.23. The van der Waals surface area contributed by atoms with Crippen molar-refractivity contribution in [3.05, 3.63) is 0 Å². The van der Waals surface area contributed by atoms with Crippen LogP contribution in [0.3, 0.4) is 0 Å². The van der Waals surface area contributed by atoms with Crippen LogP contribution < -0.4 is 0 Å². The Morgan fingerprint density at radius 1 is 1.38 bits per heavy atom. The molecular formula is C9H19NO2S. The molecule has 1 atom stereocenters. The molecular weight excluding hydrogens is 186 g/mol. The number of rotatable bonds is 4. The summed E-state index contributed by atoms with van der Waals surface area (Å²) in [7, 11) is 1.82. The van der Waals surface area contributed by atoms with E-state index in [2.05, 4.69) is 0 Å². The maximum absolute atomic E-state index is 11.5. The summed E-state index contributed by atoms with van der Waals surface area (Å²) in [6.07, 6.45) is 6.11. The minimum absolute atomic E-state index is 0.226. The van der Waals surface area contributed by atoms with Gasteiger partial charge in [-0.1, -0.05) is 26.2 Å². The van der Waals surface area contributed by atoms with E-state index in [0.717, 1.165) is 19.4 Å². The molecule has 1 fully saturated rings. The number of nitrogens with zero attached hydrogens (tertiary/aromatic N) is 1. The smallest absolute Gasteiger partial charge is 0.237 e. The molecule has 1 saturated carbocycles. The van der Waals surface area contributed by atoms with Gasteiger partial charge in [-0.15, -0.1) is 0 Å². The average Bonchev–Trinajstić information content (AvgIpc) is 2.18. The van der Waals surface area contributed by atoms with E-state index in [1.807, 2.05) is 14.0 Å². The lowest BCUT2D eigenvalue weighted by molar-refractivity contribution is 0.163. The van der Waals surface area contributed by atoms with Gasteiger partial charge in [-0.3, -0.25) is 4.18 Å². The predicted molar refractivity (Wildman–Crippen MR) is 54.4 cm³/mol. The third-order valence-corrected chi connectivity index (χ3v) is 3.67. The summed E-state index contributed by atoms with van der Waals surface area (Å²) in [5.74, 6) is 0. The first-order valence-electron chi connectivity index (χ1n) is 5.04. The van der Waals surface area contributed by atoms with Crippen molar-refractivity contribution >= 4 is 11.3 Å². The molecule has 0 heterocycles. The van der Waals surface area contributed by atoms with E-state index in [-0.39, 0.29) is 6.10 Å². The Kier molecular flexibility index (Phi) is 4.91. The molecule has 1 aliphatic rings. The van der Waals surface area contributed by atoms with Gasteiger partial charge in [0.2, 0.25) is 11.3 Å². The summed E-state index contributed by atoms with van der Waals surface area (Å²) in [5, 5.41) is 0. The van der Waals surface area contributed by atoms with Gasteiger partial charge in [0.15, 0.2) is 0 Å². The third kappa shape index (κ3) is 3.75. The van der Waals surface area contributed by atoms with E-state index in [1.165, 1.54) is 19.3 Å². The van der Waals surface area contributed by atoms with Crippen molar-refractivity contribution in [2.45, 2.75) is 45.1 Å². The highest BCUT2D eigenvalue weighted by molar-refractivity contribution is 7.77. The zero-order valence-corrected chi connectivity index (χ0v) is 9.31. The fourth-order valence-corrected chi connectivity index (χ4v) is 2.24. The molecule has 0 aliphatic heterocycles. The van der Waals surface area contributed by atoms with Gasteiger partial charge in [0.25, 0.3) is 0 Å². The first-order chi connectivity index (χ1) is 6.24. The normalized spacial score (nSPS) is 22.1. The molecule has 13 heavy (non-hydrogen) atoms. The van der Waals surface area contributed by atoms with Crippen molar-refractivity contribution in [2.24, 2.45) is 0 Å². The molecule has 0 N–H and O–H groups in total. The van der Waals surface area contributed by atoms with Gasteiger partial charge in [-0.05, 0) is 12.8 Å². The molecule has 0 aromatic heterocycles. The monoisotopic (exact) mass is 205 g/mol. The highest BCUT2D eigenvalue weighted by Crippen LogP contribution is 2.21. The summed E-state index contributed by atoms with van der Waals surface area (Å²) in [6.45, 7) is 2.74. The van der Waals surface area contributed by atoms with Crippen molar-refractivity contribution in [3.8, 4) is 0 Å². The molecule has 0 radical (unpaired) electrons. The van der Waals surface area contributed by atoms with Crippen molar-refractivity contribution in [3.63, 3.8) is 0 Å². The van der Waals surface area contributed by atoms with Crippen molar-refractivity contribution in [2.75, 3.05) is 13.6 Å². The lowest BCUT2D eigenvalue weighted by Crippen LogP contribution is -2.27. The van der Waals surface area contributed by atoms with Crippen LogP contribution in [0.2, 0.25) is 0 Å². The summed E-state index contributed by atoms with van der Waals surface area (Å²) in [6, 6.07) is 0. The molecule has 1 unspecified atom stereocenters. The Morgan fingerprint density at radius 3 is 2.54 bits per heavy atom. The molecule has 1 aliphatic carbocycles. The van der Waals surface area contributed by atoms with Crippen LogP contribution in [-0.2, 0) is 15.4 Å². The second-order valence-corrected chi connectivity index (χ2v) is 4.77.